The highest BCUT2D eigenvalue weighted by Gasteiger charge is 2.27. The van der Waals surface area contributed by atoms with E-state index in [9.17, 15) is 4.79 Å². The van der Waals surface area contributed by atoms with E-state index in [1.807, 2.05) is 18.2 Å². The quantitative estimate of drug-likeness (QED) is 0.928. The first-order chi connectivity index (χ1) is 9.76. The van der Waals surface area contributed by atoms with Crippen molar-refractivity contribution in [3.05, 3.63) is 59.3 Å². The van der Waals surface area contributed by atoms with E-state index in [0.717, 1.165) is 19.3 Å². The maximum atomic E-state index is 12.3. The lowest BCUT2D eigenvalue weighted by molar-refractivity contribution is -0.119. The molecule has 1 aliphatic carbocycles. The number of fused-ring (bicyclic) bond motifs is 1. The fraction of sp³-hybridized carbons (Fsp3) is 0.294. The number of rotatable bonds is 3. The summed E-state index contributed by atoms with van der Waals surface area (Å²) in [6.07, 6.45) is 4.39. The van der Waals surface area contributed by atoms with Gasteiger partial charge in [0.05, 0.1) is 0 Å². The number of pyridine rings is 1. The maximum Gasteiger partial charge on any atom is 0.229 e. The average molecular weight is 266 g/mol. The lowest BCUT2D eigenvalue weighted by Crippen LogP contribution is -2.23. The molecule has 3 heteroatoms. The molecule has 0 bridgehead atoms. The molecule has 3 nitrogen and oxygen atoms in total. The van der Waals surface area contributed by atoms with Gasteiger partial charge >= 0.3 is 0 Å². The van der Waals surface area contributed by atoms with Gasteiger partial charge in [-0.2, -0.15) is 0 Å². The van der Waals surface area contributed by atoms with E-state index in [0.29, 0.717) is 5.82 Å². The van der Waals surface area contributed by atoms with Crippen molar-refractivity contribution in [1.29, 1.82) is 0 Å². The van der Waals surface area contributed by atoms with Crippen LogP contribution >= 0.6 is 0 Å². The second kappa shape index (κ2) is 5.45. The fourth-order valence-electron chi connectivity index (χ4n) is 2.74. The van der Waals surface area contributed by atoms with E-state index in [1.165, 1.54) is 16.7 Å². The summed E-state index contributed by atoms with van der Waals surface area (Å²) in [5.74, 6) is 0.722. The van der Waals surface area contributed by atoms with Gasteiger partial charge in [-0.15, -0.1) is 0 Å². The zero-order valence-corrected chi connectivity index (χ0v) is 11.6. The van der Waals surface area contributed by atoms with Crippen molar-refractivity contribution in [2.45, 2.75) is 26.2 Å². The van der Waals surface area contributed by atoms with Crippen LogP contribution in [0.1, 0.15) is 23.6 Å². The Kier molecular flexibility index (Phi) is 3.50. The first-order valence-electron chi connectivity index (χ1n) is 7.09. The molecular formula is C17H18N2O. The number of nitrogens with zero attached hydrogens (tertiary/aromatic N) is 1. The predicted molar refractivity (Wildman–Crippen MR) is 79.6 cm³/mol. The third kappa shape index (κ3) is 2.57. The molecule has 1 heterocycles. The van der Waals surface area contributed by atoms with Crippen LogP contribution in [0.25, 0.3) is 0 Å². The second-order valence-electron chi connectivity index (χ2n) is 5.27. The summed E-state index contributed by atoms with van der Waals surface area (Å²) in [4.78, 5) is 16.4. The second-order valence-corrected chi connectivity index (χ2v) is 5.27. The van der Waals surface area contributed by atoms with Gasteiger partial charge in [0.2, 0.25) is 5.91 Å². The summed E-state index contributed by atoms with van der Waals surface area (Å²) >= 11 is 0. The minimum atomic E-state index is 0.0270. The summed E-state index contributed by atoms with van der Waals surface area (Å²) < 4.78 is 0. The van der Waals surface area contributed by atoms with Gasteiger partial charge in [0.15, 0.2) is 0 Å². The lowest BCUT2D eigenvalue weighted by Gasteiger charge is -2.09. The van der Waals surface area contributed by atoms with E-state index >= 15 is 0 Å². The number of amides is 1. The summed E-state index contributed by atoms with van der Waals surface area (Å²) in [5, 5.41) is 2.90. The van der Waals surface area contributed by atoms with Crippen LogP contribution in [0.5, 0.6) is 0 Å². The zero-order valence-electron chi connectivity index (χ0n) is 11.6. The molecule has 3 rings (SSSR count). The molecule has 1 unspecified atom stereocenters. The highest BCUT2D eigenvalue weighted by atomic mass is 16.1. The van der Waals surface area contributed by atoms with Gasteiger partial charge in [-0.3, -0.25) is 4.79 Å². The Morgan fingerprint density at radius 2 is 2.10 bits per heavy atom. The Bertz CT molecular complexity index is 622. The number of benzene rings is 1. The molecule has 20 heavy (non-hydrogen) atoms. The molecule has 2 aromatic rings. The van der Waals surface area contributed by atoms with Gasteiger partial charge < -0.3 is 5.32 Å². The topological polar surface area (TPSA) is 42.0 Å². The molecule has 0 radical (unpaired) electrons. The SMILES string of the molecule is CCc1ccc2c(c1)CC(C(=O)Nc1ccccn1)C2. The zero-order chi connectivity index (χ0) is 13.9. The Labute approximate surface area is 119 Å². The number of nitrogens with one attached hydrogen (secondary N) is 1. The van der Waals surface area contributed by atoms with Crippen LogP contribution in [0.4, 0.5) is 5.82 Å². The monoisotopic (exact) mass is 266 g/mol. The van der Waals surface area contributed by atoms with Crippen molar-refractivity contribution in [3.63, 3.8) is 0 Å². The van der Waals surface area contributed by atoms with Crippen molar-refractivity contribution >= 4 is 11.7 Å². The van der Waals surface area contributed by atoms with Crippen LogP contribution in [0, 0.1) is 5.92 Å². The molecule has 0 fully saturated rings. The molecule has 1 amide bonds. The molecule has 1 aliphatic rings. The molecule has 1 aromatic carbocycles. The van der Waals surface area contributed by atoms with E-state index in [4.69, 9.17) is 0 Å². The van der Waals surface area contributed by atoms with Gasteiger partial charge in [-0.1, -0.05) is 31.2 Å². The summed E-state index contributed by atoms with van der Waals surface area (Å²) in [7, 11) is 0. The minimum absolute atomic E-state index is 0.0270. The largest absolute Gasteiger partial charge is 0.310 e. The summed E-state index contributed by atoms with van der Waals surface area (Å²) in [5.41, 5.74) is 3.98. The Hall–Kier alpha value is -2.16. The first kappa shape index (κ1) is 12.9. The Morgan fingerprint density at radius 1 is 1.25 bits per heavy atom. The normalized spacial score (nSPS) is 16.8. The summed E-state index contributed by atoms with van der Waals surface area (Å²) in [6.45, 7) is 2.15. The number of hydrogen-bond acceptors (Lipinski definition) is 2. The Balaban J connectivity index is 1.70. The number of aryl methyl sites for hydroxylation is 1. The number of aromatic nitrogens is 1. The molecule has 0 aliphatic heterocycles. The predicted octanol–water partition coefficient (Wildman–Crippen LogP) is 3.00. The minimum Gasteiger partial charge on any atom is -0.310 e. The van der Waals surface area contributed by atoms with Crippen molar-refractivity contribution in [2.75, 3.05) is 5.32 Å². The maximum absolute atomic E-state index is 12.3. The van der Waals surface area contributed by atoms with Gasteiger partial charge in [-0.05, 0) is 48.1 Å². The van der Waals surface area contributed by atoms with Crippen LogP contribution < -0.4 is 5.32 Å². The molecular weight excluding hydrogens is 248 g/mol. The van der Waals surface area contributed by atoms with Gasteiger partial charge in [0.25, 0.3) is 0 Å². The first-order valence-corrected chi connectivity index (χ1v) is 7.09. The van der Waals surface area contributed by atoms with E-state index < -0.39 is 0 Å². The van der Waals surface area contributed by atoms with Crippen LogP contribution in [0.3, 0.4) is 0 Å². The van der Waals surface area contributed by atoms with Crippen molar-refractivity contribution < 1.29 is 4.79 Å². The highest BCUT2D eigenvalue weighted by molar-refractivity contribution is 5.92. The molecule has 0 saturated carbocycles. The number of carbonyl (C=O) groups is 1. The number of anilines is 1. The van der Waals surface area contributed by atoms with Crippen molar-refractivity contribution in [2.24, 2.45) is 5.92 Å². The van der Waals surface area contributed by atoms with Gasteiger partial charge in [-0.25, -0.2) is 4.98 Å². The number of hydrogen-bond donors (Lipinski definition) is 1. The highest BCUT2D eigenvalue weighted by Crippen LogP contribution is 2.28. The third-order valence-corrected chi connectivity index (χ3v) is 3.90. The van der Waals surface area contributed by atoms with Crippen LogP contribution in [-0.2, 0) is 24.1 Å². The smallest absolute Gasteiger partial charge is 0.229 e. The summed E-state index contributed by atoms with van der Waals surface area (Å²) in [6, 6.07) is 12.1. The van der Waals surface area contributed by atoms with E-state index in [1.54, 1.807) is 6.20 Å². The van der Waals surface area contributed by atoms with Gasteiger partial charge in [0, 0.05) is 12.1 Å². The number of carbonyl (C=O) groups excluding carboxylic acids is 1. The van der Waals surface area contributed by atoms with Crippen LogP contribution in [0.2, 0.25) is 0 Å². The fourth-order valence-corrected chi connectivity index (χ4v) is 2.74. The van der Waals surface area contributed by atoms with Gasteiger partial charge in [0.1, 0.15) is 5.82 Å². The molecule has 0 spiro atoms. The molecule has 0 saturated heterocycles. The average Bonchev–Trinajstić information content (AvgIpc) is 2.91. The molecule has 1 aromatic heterocycles. The van der Waals surface area contributed by atoms with Crippen LogP contribution in [-0.4, -0.2) is 10.9 Å². The molecule has 1 atom stereocenters. The van der Waals surface area contributed by atoms with E-state index in [-0.39, 0.29) is 11.8 Å². The van der Waals surface area contributed by atoms with E-state index in [2.05, 4.69) is 35.4 Å². The molecule has 1 N–H and O–H groups in total. The van der Waals surface area contributed by atoms with Crippen molar-refractivity contribution in [1.82, 2.24) is 4.98 Å². The Morgan fingerprint density at radius 3 is 2.85 bits per heavy atom. The lowest BCUT2D eigenvalue weighted by atomic mass is 10.0. The standard InChI is InChI=1S/C17H18N2O/c1-2-12-6-7-13-10-15(11-14(13)9-12)17(20)19-16-5-3-4-8-18-16/h3-9,15H,2,10-11H2,1H3,(H,18,19,20). The third-order valence-electron chi connectivity index (χ3n) is 3.90. The van der Waals surface area contributed by atoms with Crippen LogP contribution in [0.15, 0.2) is 42.6 Å². The van der Waals surface area contributed by atoms with Crippen molar-refractivity contribution in [3.8, 4) is 0 Å². The molecule has 102 valence electrons.